The zero-order chi connectivity index (χ0) is 16.3. The molecule has 6 heteroatoms. The van der Waals surface area contributed by atoms with E-state index in [1.807, 2.05) is 33.9 Å². The SMILES string of the molecule is CCN(CC(F)(F)F)c1cc(CNC)cc(C(C)(C)C)n1. The molecule has 0 saturated heterocycles. The summed E-state index contributed by atoms with van der Waals surface area (Å²) in [6.07, 6.45) is -4.24. The van der Waals surface area contributed by atoms with E-state index in [0.717, 1.165) is 11.3 Å². The molecule has 0 unspecified atom stereocenters. The summed E-state index contributed by atoms with van der Waals surface area (Å²) in [5, 5.41) is 3.03. The Morgan fingerprint density at radius 3 is 2.24 bits per heavy atom. The van der Waals surface area contributed by atoms with E-state index in [2.05, 4.69) is 10.3 Å². The molecule has 1 heterocycles. The van der Waals surface area contributed by atoms with Gasteiger partial charge in [-0.3, -0.25) is 0 Å². The van der Waals surface area contributed by atoms with E-state index in [0.29, 0.717) is 12.4 Å². The Balaban J connectivity index is 3.23. The molecular formula is C15H24F3N3. The van der Waals surface area contributed by atoms with Crippen LogP contribution in [-0.4, -0.2) is 31.3 Å². The molecule has 1 aromatic heterocycles. The van der Waals surface area contributed by atoms with Crippen LogP contribution in [0, 0.1) is 0 Å². The van der Waals surface area contributed by atoms with Crippen LogP contribution in [0.1, 0.15) is 39.0 Å². The fourth-order valence-corrected chi connectivity index (χ4v) is 1.99. The minimum absolute atomic E-state index is 0.212. The molecule has 21 heavy (non-hydrogen) atoms. The molecule has 0 radical (unpaired) electrons. The van der Waals surface area contributed by atoms with Gasteiger partial charge in [-0.1, -0.05) is 20.8 Å². The van der Waals surface area contributed by atoms with Crippen molar-refractivity contribution >= 4 is 5.82 Å². The van der Waals surface area contributed by atoms with Gasteiger partial charge in [0.1, 0.15) is 12.4 Å². The van der Waals surface area contributed by atoms with Gasteiger partial charge in [-0.15, -0.1) is 0 Å². The second kappa shape index (κ2) is 6.64. The van der Waals surface area contributed by atoms with E-state index in [1.165, 1.54) is 4.90 Å². The number of hydrogen-bond acceptors (Lipinski definition) is 3. The van der Waals surface area contributed by atoms with Gasteiger partial charge < -0.3 is 10.2 Å². The van der Waals surface area contributed by atoms with Gasteiger partial charge >= 0.3 is 6.18 Å². The van der Waals surface area contributed by atoms with E-state index < -0.39 is 12.7 Å². The van der Waals surface area contributed by atoms with Crippen LogP contribution >= 0.6 is 0 Å². The zero-order valence-electron chi connectivity index (χ0n) is 13.3. The molecule has 0 bridgehead atoms. The number of pyridine rings is 1. The Morgan fingerprint density at radius 1 is 1.19 bits per heavy atom. The van der Waals surface area contributed by atoms with Crippen LogP contribution in [0.4, 0.5) is 19.0 Å². The predicted molar refractivity (Wildman–Crippen MR) is 79.6 cm³/mol. The summed E-state index contributed by atoms with van der Waals surface area (Å²) >= 11 is 0. The van der Waals surface area contributed by atoms with Gasteiger partial charge in [-0.25, -0.2) is 4.98 Å². The van der Waals surface area contributed by atoms with Gasteiger partial charge in [0.15, 0.2) is 0 Å². The molecule has 0 atom stereocenters. The van der Waals surface area contributed by atoms with Gasteiger partial charge in [0.2, 0.25) is 0 Å². The molecule has 1 N–H and O–H groups in total. The molecule has 1 rings (SSSR count). The Labute approximate surface area is 124 Å². The molecule has 0 fully saturated rings. The minimum atomic E-state index is -4.24. The Hall–Kier alpha value is -1.30. The number of halogens is 3. The van der Waals surface area contributed by atoms with E-state index in [1.54, 1.807) is 13.0 Å². The van der Waals surface area contributed by atoms with E-state index in [9.17, 15) is 13.2 Å². The maximum Gasteiger partial charge on any atom is 0.405 e. The van der Waals surface area contributed by atoms with Gasteiger partial charge in [0.05, 0.1) is 0 Å². The molecule has 3 nitrogen and oxygen atoms in total. The van der Waals surface area contributed by atoms with Crippen LogP contribution in [0.25, 0.3) is 0 Å². The van der Waals surface area contributed by atoms with Gasteiger partial charge in [0, 0.05) is 24.2 Å². The van der Waals surface area contributed by atoms with Crippen molar-refractivity contribution in [1.29, 1.82) is 0 Å². The molecule has 0 aliphatic carbocycles. The van der Waals surface area contributed by atoms with E-state index in [4.69, 9.17) is 0 Å². The summed E-state index contributed by atoms with van der Waals surface area (Å²) < 4.78 is 38.0. The lowest BCUT2D eigenvalue weighted by Crippen LogP contribution is -2.35. The summed E-state index contributed by atoms with van der Waals surface area (Å²) in [4.78, 5) is 5.70. The first-order valence-corrected chi connectivity index (χ1v) is 7.04. The van der Waals surface area contributed by atoms with Crippen LogP contribution < -0.4 is 10.2 Å². The average molecular weight is 303 g/mol. The topological polar surface area (TPSA) is 28.2 Å². The largest absolute Gasteiger partial charge is 0.405 e. The monoisotopic (exact) mass is 303 g/mol. The Morgan fingerprint density at radius 2 is 1.81 bits per heavy atom. The van der Waals surface area contributed by atoms with Crippen molar-refractivity contribution in [3.63, 3.8) is 0 Å². The first kappa shape index (κ1) is 17.8. The maximum atomic E-state index is 12.7. The lowest BCUT2D eigenvalue weighted by atomic mass is 9.90. The van der Waals surface area contributed by atoms with Crippen molar-refractivity contribution in [3.8, 4) is 0 Å². The van der Waals surface area contributed by atoms with Crippen molar-refractivity contribution in [2.45, 2.75) is 45.8 Å². The molecule has 0 spiro atoms. The van der Waals surface area contributed by atoms with Crippen molar-refractivity contribution in [1.82, 2.24) is 10.3 Å². The number of anilines is 1. The smallest absolute Gasteiger partial charge is 0.348 e. The number of alkyl halides is 3. The lowest BCUT2D eigenvalue weighted by Gasteiger charge is -2.27. The van der Waals surface area contributed by atoms with Crippen LogP contribution in [-0.2, 0) is 12.0 Å². The summed E-state index contributed by atoms with van der Waals surface area (Å²) in [5.74, 6) is 0.382. The van der Waals surface area contributed by atoms with Crippen molar-refractivity contribution in [3.05, 3.63) is 23.4 Å². The molecule has 0 aliphatic heterocycles. The second-order valence-electron chi connectivity index (χ2n) is 6.13. The van der Waals surface area contributed by atoms with Crippen LogP contribution in [0.3, 0.4) is 0 Å². The zero-order valence-corrected chi connectivity index (χ0v) is 13.3. The quantitative estimate of drug-likeness (QED) is 0.902. The predicted octanol–water partition coefficient (Wildman–Crippen LogP) is 3.49. The fraction of sp³-hybridized carbons (Fsp3) is 0.667. The van der Waals surface area contributed by atoms with Crippen LogP contribution in [0.5, 0.6) is 0 Å². The van der Waals surface area contributed by atoms with Crippen molar-refractivity contribution in [2.75, 3.05) is 25.0 Å². The van der Waals surface area contributed by atoms with Crippen LogP contribution in [0.2, 0.25) is 0 Å². The fourth-order valence-electron chi connectivity index (χ4n) is 1.99. The summed E-state index contributed by atoms with van der Waals surface area (Å²) in [7, 11) is 1.81. The lowest BCUT2D eigenvalue weighted by molar-refractivity contribution is -0.119. The van der Waals surface area contributed by atoms with Gasteiger partial charge in [-0.05, 0) is 31.7 Å². The highest BCUT2D eigenvalue weighted by molar-refractivity contribution is 5.44. The number of hydrogen-bond donors (Lipinski definition) is 1. The third kappa shape index (κ3) is 5.53. The Bertz CT molecular complexity index is 464. The Kier molecular flexibility index (Phi) is 5.61. The number of aromatic nitrogens is 1. The summed E-state index contributed by atoms with van der Waals surface area (Å²) in [6.45, 7) is 7.59. The highest BCUT2D eigenvalue weighted by Gasteiger charge is 2.31. The number of rotatable bonds is 5. The first-order valence-electron chi connectivity index (χ1n) is 7.04. The molecule has 0 amide bonds. The molecule has 0 aliphatic rings. The maximum absolute atomic E-state index is 12.7. The molecule has 1 aromatic rings. The van der Waals surface area contributed by atoms with E-state index >= 15 is 0 Å². The van der Waals surface area contributed by atoms with E-state index in [-0.39, 0.29) is 12.0 Å². The normalized spacial score (nSPS) is 12.6. The third-order valence-corrected chi connectivity index (χ3v) is 3.10. The van der Waals surface area contributed by atoms with Gasteiger partial charge in [0.25, 0.3) is 0 Å². The highest BCUT2D eigenvalue weighted by Crippen LogP contribution is 2.26. The van der Waals surface area contributed by atoms with Crippen molar-refractivity contribution in [2.24, 2.45) is 0 Å². The first-order chi connectivity index (χ1) is 9.56. The second-order valence-corrected chi connectivity index (χ2v) is 6.13. The molecule has 0 aromatic carbocycles. The van der Waals surface area contributed by atoms with Gasteiger partial charge in [-0.2, -0.15) is 13.2 Å². The third-order valence-electron chi connectivity index (χ3n) is 3.10. The molecular weight excluding hydrogens is 279 g/mol. The highest BCUT2D eigenvalue weighted by atomic mass is 19.4. The molecule has 0 saturated carbocycles. The summed E-state index contributed by atoms with van der Waals surface area (Å²) in [6, 6.07) is 3.67. The van der Waals surface area contributed by atoms with Crippen molar-refractivity contribution < 1.29 is 13.2 Å². The van der Waals surface area contributed by atoms with Crippen LogP contribution in [0.15, 0.2) is 12.1 Å². The minimum Gasteiger partial charge on any atom is -0.348 e. The standard InChI is InChI=1S/C15H24F3N3/c1-6-21(10-15(16,17)18)13-8-11(9-19-5)7-12(20-13)14(2,3)4/h7-8,19H,6,9-10H2,1-5H3. The average Bonchev–Trinajstić information content (AvgIpc) is 2.34. The summed E-state index contributed by atoms with van der Waals surface area (Å²) in [5.41, 5.74) is 1.52. The molecule has 120 valence electrons. The number of nitrogens with one attached hydrogen (secondary N) is 1. The number of nitrogens with zero attached hydrogens (tertiary/aromatic N) is 2.